The Labute approximate surface area is 117 Å². The molecule has 106 valence electrons. The maximum absolute atomic E-state index is 10.9. The van der Waals surface area contributed by atoms with Gasteiger partial charge in [0.2, 0.25) is 0 Å². The predicted molar refractivity (Wildman–Crippen MR) is 74.5 cm³/mol. The third-order valence-electron chi connectivity index (χ3n) is 3.40. The molecule has 2 rings (SSSR count). The Morgan fingerprint density at radius 1 is 1.45 bits per heavy atom. The summed E-state index contributed by atoms with van der Waals surface area (Å²) < 4.78 is 5.68. The van der Waals surface area contributed by atoms with Crippen LogP contribution in [0, 0.1) is 21.4 Å². The zero-order chi connectivity index (χ0) is 14.4. The molecule has 0 saturated heterocycles. The van der Waals surface area contributed by atoms with Crippen molar-refractivity contribution in [2.24, 2.45) is 0 Å². The number of nitriles is 1. The van der Waals surface area contributed by atoms with Gasteiger partial charge in [-0.25, -0.2) is 0 Å². The minimum atomic E-state index is -0.457. The summed E-state index contributed by atoms with van der Waals surface area (Å²) in [7, 11) is 0. The first-order valence-electron chi connectivity index (χ1n) is 6.74. The van der Waals surface area contributed by atoms with Crippen LogP contribution in [0.15, 0.2) is 18.2 Å². The van der Waals surface area contributed by atoms with Crippen LogP contribution in [0.1, 0.15) is 31.2 Å². The van der Waals surface area contributed by atoms with Crippen molar-refractivity contribution in [3.63, 3.8) is 0 Å². The van der Waals surface area contributed by atoms with E-state index in [9.17, 15) is 10.1 Å². The van der Waals surface area contributed by atoms with E-state index in [-0.39, 0.29) is 5.69 Å². The summed E-state index contributed by atoms with van der Waals surface area (Å²) in [5.74, 6) is 0. The van der Waals surface area contributed by atoms with Crippen LogP contribution in [0.3, 0.4) is 0 Å². The fourth-order valence-corrected chi connectivity index (χ4v) is 2.37. The first-order valence-corrected chi connectivity index (χ1v) is 6.74. The van der Waals surface area contributed by atoms with Crippen molar-refractivity contribution in [3.8, 4) is 6.07 Å². The third-order valence-corrected chi connectivity index (χ3v) is 3.40. The van der Waals surface area contributed by atoms with Crippen LogP contribution in [-0.2, 0) is 4.74 Å². The van der Waals surface area contributed by atoms with Gasteiger partial charge in [-0.1, -0.05) is 12.8 Å². The highest BCUT2D eigenvalue weighted by Gasteiger charge is 2.16. The number of nitrogens with one attached hydrogen (secondary N) is 1. The fraction of sp³-hybridized carbons (Fsp3) is 0.500. The maximum Gasteiger partial charge on any atom is 0.292 e. The van der Waals surface area contributed by atoms with Gasteiger partial charge in [0.1, 0.15) is 5.69 Å². The van der Waals surface area contributed by atoms with Gasteiger partial charge in [-0.05, 0) is 25.0 Å². The van der Waals surface area contributed by atoms with E-state index in [0.717, 1.165) is 12.8 Å². The Balaban J connectivity index is 1.90. The SMILES string of the molecule is N#Cc1ccc([N+](=O)[O-])c(NCCOC2CCCC2)c1. The zero-order valence-corrected chi connectivity index (χ0v) is 11.2. The Morgan fingerprint density at radius 2 is 2.20 bits per heavy atom. The fourth-order valence-electron chi connectivity index (χ4n) is 2.37. The molecule has 0 aromatic heterocycles. The number of anilines is 1. The summed E-state index contributed by atoms with van der Waals surface area (Å²) in [4.78, 5) is 10.5. The van der Waals surface area contributed by atoms with E-state index in [2.05, 4.69) is 5.32 Å². The molecular weight excluding hydrogens is 258 g/mol. The highest BCUT2D eigenvalue weighted by atomic mass is 16.6. The highest BCUT2D eigenvalue weighted by Crippen LogP contribution is 2.25. The Morgan fingerprint density at radius 3 is 2.85 bits per heavy atom. The molecule has 0 amide bonds. The van der Waals surface area contributed by atoms with Crippen LogP contribution in [0.5, 0.6) is 0 Å². The van der Waals surface area contributed by atoms with Crippen molar-refractivity contribution in [1.29, 1.82) is 5.26 Å². The van der Waals surface area contributed by atoms with Crippen LogP contribution >= 0.6 is 0 Å². The lowest BCUT2D eigenvalue weighted by molar-refractivity contribution is -0.384. The molecule has 0 spiro atoms. The molecule has 1 fully saturated rings. The Bertz CT molecular complexity index is 519. The summed E-state index contributed by atoms with van der Waals surface area (Å²) in [6.45, 7) is 1.00. The molecule has 1 aliphatic carbocycles. The van der Waals surface area contributed by atoms with Gasteiger partial charge in [-0.2, -0.15) is 5.26 Å². The molecule has 6 nitrogen and oxygen atoms in total. The maximum atomic E-state index is 10.9. The van der Waals surface area contributed by atoms with Crippen LogP contribution in [-0.4, -0.2) is 24.2 Å². The van der Waals surface area contributed by atoms with Crippen LogP contribution in [0.4, 0.5) is 11.4 Å². The monoisotopic (exact) mass is 275 g/mol. The number of nitrogens with zero attached hydrogens (tertiary/aromatic N) is 2. The van der Waals surface area contributed by atoms with E-state index in [1.54, 1.807) is 0 Å². The topological polar surface area (TPSA) is 88.2 Å². The van der Waals surface area contributed by atoms with Gasteiger partial charge >= 0.3 is 0 Å². The van der Waals surface area contributed by atoms with E-state index in [1.807, 2.05) is 6.07 Å². The molecule has 1 aliphatic rings. The lowest BCUT2D eigenvalue weighted by atomic mass is 10.2. The summed E-state index contributed by atoms with van der Waals surface area (Å²) in [6, 6.07) is 6.26. The number of nitro benzene ring substituents is 1. The second-order valence-corrected chi connectivity index (χ2v) is 4.80. The summed E-state index contributed by atoms with van der Waals surface area (Å²) in [5, 5.41) is 22.7. The molecule has 1 aromatic carbocycles. The predicted octanol–water partition coefficient (Wildman–Crippen LogP) is 2.84. The van der Waals surface area contributed by atoms with Gasteiger partial charge in [0.05, 0.1) is 29.3 Å². The normalized spacial score (nSPS) is 14.9. The Kier molecular flexibility index (Phi) is 4.91. The molecule has 0 radical (unpaired) electrons. The van der Waals surface area contributed by atoms with Gasteiger partial charge in [-0.3, -0.25) is 10.1 Å². The summed E-state index contributed by atoms with van der Waals surface area (Å²) in [5.41, 5.74) is 0.740. The first kappa shape index (κ1) is 14.3. The summed E-state index contributed by atoms with van der Waals surface area (Å²) >= 11 is 0. The molecule has 1 aromatic rings. The van der Waals surface area contributed by atoms with Crippen molar-refractivity contribution in [2.75, 3.05) is 18.5 Å². The number of nitro groups is 1. The minimum Gasteiger partial charge on any atom is -0.377 e. The smallest absolute Gasteiger partial charge is 0.292 e. The van der Waals surface area contributed by atoms with Crippen molar-refractivity contribution in [3.05, 3.63) is 33.9 Å². The van der Waals surface area contributed by atoms with Crippen LogP contribution < -0.4 is 5.32 Å². The van der Waals surface area contributed by atoms with Crippen molar-refractivity contribution < 1.29 is 9.66 Å². The molecular formula is C14H17N3O3. The second kappa shape index (κ2) is 6.87. The molecule has 0 unspecified atom stereocenters. The van der Waals surface area contributed by atoms with E-state index in [0.29, 0.717) is 30.5 Å². The number of hydrogen-bond donors (Lipinski definition) is 1. The molecule has 20 heavy (non-hydrogen) atoms. The second-order valence-electron chi connectivity index (χ2n) is 4.80. The van der Waals surface area contributed by atoms with Crippen LogP contribution in [0.25, 0.3) is 0 Å². The number of ether oxygens (including phenoxy) is 1. The van der Waals surface area contributed by atoms with Crippen molar-refractivity contribution in [1.82, 2.24) is 0 Å². The average molecular weight is 275 g/mol. The highest BCUT2D eigenvalue weighted by molar-refractivity contribution is 5.64. The van der Waals surface area contributed by atoms with Crippen molar-refractivity contribution in [2.45, 2.75) is 31.8 Å². The summed E-state index contributed by atoms with van der Waals surface area (Å²) in [6.07, 6.45) is 4.97. The Hall–Kier alpha value is -2.13. The van der Waals surface area contributed by atoms with E-state index >= 15 is 0 Å². The number of hydrogen-bond acceptors (Lipinski definition) is 5. The van der Waals surface area contributed by atoms with Gasteiger partial charge < -0.3 is 10.1 Å². The largest absolute Gasteiger partial charge is 0.377 e. The molecule has 6 heteroatoms. The van der Waals surface area contributed by atoms with Crippen molar-refractivity contribution >= 4 is 11.4 Å². The van der Waals surface area contributed by atoms with Gasteiger partial charge in [0.15, 0.2) is 0 Å². The molecule has 0 bridgehead atoms. The molecule has 1 saturated carbocycles. The molecule has 0 aliphatic heterocycles. The quantitative estimate of drug-likeness (QED) is 0.490. The average Bonchev–Trinajstić information content (AvgIpc) is 2.96. The van der Waals surface area contributed by atoms with E-state index in [4.69, 9.17) is 10.00 Å². The lowest BCUT2D eigenvalue weighted by Gasteiger charge is -2.12. The van der Waals surface area contributed by atoms with Gasteiger partial charge in [0, 0.05) is 12.6 Å². The zero-order valence-electron chi connectivity index (χ0n) is 11.2. The number of benzene rings is 1. The third kappa shape index (κ3) is 3.68. The number of rotatable bonds is 6. The molecule has 1 N–H and O–H groups in total. The first-order chi connectivity index (χ1) is 9.70. The standard InChI is InChI=1S/C14H17N3O3/c15-10-11-5-6-14(17(18)19)13(9-11)16-7-8-20-12-3-1-2-4-12/h5-6,9,12,16H,1-4,7-8H2. The van der Waals surface area contributed by atoms with Gasteiger partial charge in [0.25, 0.3) is 5.69 Å². The molecule has 0 atom stereocenters. The van der Waals surface area contributed by atoms with E-state index in [1.165, 1.54) is 31.0 Å². The van der Waals surface area contributed by atoms with Gasteiger partial charge in [-0.15, -0.1) is 0 Å². The van der Waals surface area contributed by atoms with Crippen LogP contribution in [0.2, 0.25) is 0 Å². The molecule has 0 heterocycles. The minimum absolute atomic E-state index is 0.0233. The lowest BCUT2D eigenvalue weighted by Crippen LogP contribution is -2.16. The van der Waals surface area contributed by atoms with E-state index < -0.39 is 4.92 Å².